The molecule has 1 atom stereocenters. The van der Waals surface area contributed by atoms with Crippen molar-refractivity contribution >= 4 is 33.4 Å². The summed E-state index contributed by atoms with van der Waals surface area (Å²) in [6, 6.07) is 7.88. The number of aromatic nitrogens is 1. The summed E-state index contributed by atoms with van der Waals surface area (Å²) in [6.45, 7) is 2.35. The fourth-order valence-corrected chi connectivity index (χ4v) is 6.02. The maximum absolute atomic E-state index is 12.7. The van der Waals surface area contributed by atoms with E-state index >= 15 is 0 Å². The van der Waals surface area contributed by atoms with Crippen LogP contribution < -0.4 is 5.73 Å². The van der Waals surface area contributed by atoms with Crippen molar-refractivity contribution in [3.63, 3.8) is 0 Å². The molecule has 1 aromatic heterocycles. The molecule has 4 rings (SSSR count). The third kappa shape index (κ3) is 3.65. The van der Waals surface area contributed by atoms with Gasteiger partial charge >= 0.3 is 0 Å². The number of aryl methyl sites for hydroxylation is 1. The van der Waals surface area contributed by atoms with Crippen molar-refractivity contribution in [2.24, 2.45) is 11.1 Å². The lowest BCUT2D eigenvalue weighted by Crippen LogP contribution is -2.60. The Hall–Kier alpha value is -1.99. The molecule has 2 amide bonds. The van der Waals surface area contributed by atoms with Crippen LogP contribution in [0.3, 0.4) is 0 Å². The zero-order chi connectivity index (χ0) is 19.7. The van der Waals surface area contributed by atoms with Crippen LogP contribution in [0.5, 0.6) is 0 Å². The van der Waals surface area contributed by atoms with Crippen molar-refractivity contribution in [2.45, 2.75) is 44.6 Å². The van der Waals surface area contributed by atoms with Gasteiger partial charge in [-0.05, 0) is 56.8 Å². The van der Waals surface area contributed by atoms with E-state index in [1.54, 1.807) is 11.3 Å². The van der Waals surface area contributed by atoms with Crippen molar-refractivity contribution in [1.82, 2.24) is 14.8 Å². The van der Waals surface area contributed by atoms with Crippen LogP contribution in [0.1, 0.15) is 37.1 Å². The number of piperidine rings is 2. The number of primary amides is 1. The van der Waals surface area contributed by atoms with E-state index in [1.807, 2.05) is 30.1 Å². The van der Waals surface area contributed by atoms with Crippen LogP contribution in [0.2, 0.25) is 0 Å². The van der Waals surface area contributed by atoms with E-state index in [0.29, 0.717) is 12.8 Å². The Balaban J connectivity index is 1.35. The topological polar surface area (TPSA) is 79.5 Å². The van der Waals surface area contributed by atoms with Crippen LogP contribution in [0.4, 0.5) is 0 Å². The van der Waals surface area contributed by atoms with Gasteiger partial charge in [-0.15, -0.1) is 11.3 Å². The Morgan fingerprint density at radius 1 is 1.21 bits per heavy atom. The van der Waals surface area contributed by atoms with E-state index in [9.17, 15) is 9.59 Å². The highest BCUT2D eigenvalue weighted by atomic mass is 32.1. The number of benzene rings is 1. The highest BCUT2D eigenvalue weighted by molar-refractivity contribution is 7.18. The Kier molecular flexibility index (Phi) is 5.38. The number of rotatable bonds is 4. The predicted octanol–water partition coefficient (Wildman–Crippen LogP) is 2.42. The van der Waals surface area contributed by atoms with Gasteiger partial charge in [0.2, 0.25) is 11.8 Å². The van der Waals surface area contributed by atoms with Gasteiger partial charge in [0.15, 0.2) is 0 Å². The Morgan fingerprint density at radius 2 is 1.96 bits per heavy atom. The number of hydrogen-bond acceptors (Lipinski definition) is 5. The molecule has 1 aromatic carbocycles. The summed E-state index contributed by atoms with van der Waals surface area (Å²) in [5.74, 6) is -0.0355. The zero-order valence-corrected chi connectivity index (χ0v) is 17.2. The summed E-state index contributed by atoms with van der Waals surface area (Å²) in [6.07, 6.45) is 5.01. The molecule has 2 aliphatic rings. The molecular weight excluding hydrogens is 372 g/mol. The smallest absolute Gasteiger partial charge is 0.235 e. The number of carbonyl (C=O) groups excluding carboxylic acids is 2. The molecule has 2 aliphatic heterocycles. The molecule has 0 radical (unpaired) electrons. The normalized spacial score (nSPS) is 22.6. The molecule has 0 aliphatic carbocycles. The molecule has 1 spiro atoms. The van der Waals surface area contributed by atoms with Gasteiger partial charge in [0, 0.05) is 25.9 Å². The monoisotopic (exact) mass is 400 g/mol. The number of thiazole rings is 1. The lowest BCUT2D eigenvalue weighted by atomic mass is 9.66. The molecule has 28 heavy (non-hydrogen) atoms. The summed E-state index contributed by atoms with van der Waals surface area (Å²) in [5.41, 5.74) is 6.68. The summed E-state index contributed by atoms with van der Waals surface area (Å²) in [5, 5.41) is 1.02. The summed E-state index contributed by atoms with van der Waals surface area (Å²) in [4.78, 5) is 33.5. The van der Waals surface area contributed by atoms with Gasteiger partial charge < -0.3 is 10.6 Å². The maximum Gasteiger partial charge on any atom is 0.235 e. The molecule has 0 unspecified atom stereocenters. The standard InChI is InChI=1S/C21H28N4O2S/c1-24-12-4-9-21(19(24)20(22)27)10-13-25(14-11-21)18(26)8-7-17-23-15-5-2-3-6-16(15)28-17/h2-3,5-6,19H,4,7-14H2,1H3,(H2,22,27)/t19-/m1/s1. The number of nitrogens with two attached hydrogens (primary N) is 1. The fraction of sp³-hybridized carbons (Fsp3) is 0.571. The first-order valence-electron chi connectivity index (χ1n) is 10.1. The second-order valence-electron chi connectivity index (χ2n) is 8.21. The quantitative estimate of drug-likeness (QED) is 0.855. The van der Waals surface area contributed by atoms with Crippen LogP contribution in [-0.2, 0) is 16.0 Å². The fourth-order valence-electron chi connectivity index (χ4n) is 5.06. The average molecular weight is 401 g/mol. The van der Waals surface area contributed by atoms with Crippen LogP contribution in [0.25, 0.3) is 10.2 Å². The molecule has 150 valence electrons. The number of para-hydroxylation sites is 1. The minimum absolute atomic E-state index is 0.0668. The first-order valence-corrected chi connectivity index (χ1v) is 10.9. The number of likely N-dealkylation sites (tertiary alicyclic amines) is 2. The number of likely N-dealkylation sites (N-methyl/N-ethyl adjacent to an activating group) is 1. The number of amides is 2. The summed E-state index contributed by atoms with van der Waals surface area (Å²) < 4.78 is 1.17. The van der Waals surface area contributed by atoms with E-state index in [4.69, 9.17) is 5.73 Å². The molecule has 2 saturated heterocycles. The molecular formula is C21H28N4O2S. The molecule has 0 saturated carbocycles. The van der Waals surface area contributed by atoms with Crippen LogP contribution >= 0.6 is 11.3 Å². The average Bonchev–Trinajstić information content (AvgIpc) is 3.09. The minimum Gasteiger partial charge on any atom is -0.368 e. The van der Waals surface area contributed by atoms with Gasteiger partial charge in [0.1, 0.15) is 0 Å². The van der Waals surface area contributed by atoms with Gasteiger partial charge in [-0.2, -0.15) is 0 Å². The molecule has 3 heterocycles. The molecule has 2 fully saturated rings. The predicted molar refractivity (Wildman–Crippen MR) is 111 cm³/mol. The van der Waals surface area contributed by atoms with Crippen LogP contribution in [0.15, 0.2) is 24.3 Å². The van der Waals surface area contributed by atoms with E-state index in [1.165, 1.54) is 4.70 Å². The first-order chi connectivity index (χ1) is 13.5. The number of nitrogens with zero attached hydrogens (tertiary/aromatic N) is 3. The lowest BCUT2D eigenvalue weighted by molar-refractivity contribution is -0.139. The largest absolute Gasteiger partial charge is 0.368 e. The van der Waals surface area contributed by atoms with Crippen molar-refractivity contribution in [2.75, 3.05) is 26.7 Å². The van der Waals surface area contributed by atoms with E-state index in [-0.39, 0.29) is 23.3 Å². The van der Waals surface area contributed by atoms with Gasteiger partial charge in [-0.25, -0.2) is 4.98 Å². The number of carbonyl (C=O) groups is 2. The van der Waals surface area contributed by atoms with Gasteiger partial charge in [0.25, 0.3) is 0 Å². The van der Waals surface area contributed by atoms with Crippen molar-refractivity contribution in [3.05, 3.63) is 29.3 Å². The second-order valence-corrected chi connectivity index (χ2v) is 9.32. The highest BCUT2D eigenvalue weighted by Gasteiger charge is 2.48. The van der Waals surface area contributed by atoms with Gasteiger partial charge in [-0.1, -0.05) is 12.1 Å². The van der Waals surface area contributed by atoms with Crippen molar-refractivity contribution in [1.29, 1.82) is 0 Å². The molecule has 2 N–H and O–H groups in total. The molecule has 0 bridgehead atoms. The van der Waals surface area contributed by atoms with Crippen molar-refractivity contribution < 1.29 is 9.59 Å². The van der Waals surface area contributed by atoms with Crippen LogP contribution in [0, 0.1) is 5.41 Å². The molecule has 6 nitrogen and oxygen atoms in total. The number of hydrogen-bond donors (Lipinski definition) is 1. The van der Waals surface area contributed by atoms with E-state index < -0.39 is 0 Å². The van der Waals surface area contributed by atoms with Gasteiger partial charge in [-0.3, -0.25) is 14.5 Å². The highest BCUT2D eigenvalue weighted by Crippen LogP contribution is 2.44. The summed E-state index contributed by atoms with van der Waals surface area (Å²) >= 11 is 1.67. The third-order valence-corrected chi connectivity index (χ3v) is 7.57. The molecule has 7 heteroatoms. The zero-order valence-electron chi connectivity index (χ0n) is 16.4. The Morgan fingerprint density at radius 3 is 2.68 bits per heavy atom. The van der Waals surface area contributed by atoms with Crippen LogP contribution in [-0.4, -0.2) is 59.3 Å². The van der Waals surface area contributed by atoms with Crippen molar-refractivity contribution in [3.8, 4) is 0 Å². The van der Waals surface area contributed by atoms with Gasteiger partial charge in [0.05, 0.1) is 21.3 Å². The van der Waals surface area contributed by atoms with E-state index in [2.05, 4.69) is 16.0 Å². The maximum atomic E-state index is 12.7. The first kappa shape index (κ1) is 19.3. The SMILES string of the molecule is CN1CCCC2(CCN(C(=O)CCc3nc4ccccc4s3)CC2)[C@H]1C(N)=O. The second kappa shape index (κ2) is 7.79. The van der Waals surface area contributed by atoms with E-state index in [0.717, 1.165) is 55.8 Å². The summed E-state index contributed by atoms with van der Waals surface area (Å²) in [7, 11) is 1.99. The Labute approximate surface area is 169 Å². The third-order valence-electron chi connectivity index (χ3n) is 6.48. The number of fused-ring (bicyclic) bond motifs is 1. The molecule has 2 aromatic rings. The minimum atomic E-state index is -0.224. The lowest BCUT2D eigenvalue weighted by Gasteiger charge is -2.51. The Bertz CT molecular complexity index is 839.